The molecule has 1 saturated heterocycles. The van der Waals surface area contributed by atoms with Crippen molar-refractivity contribution in [1.29, 1.82) is 0 Å². The van der Waals surface area contributed by atoms with E-state index in [0.29, 0.717) is 52.3 Å². The first-order chi connectivity index (χ1) is 22.4. The maximum Gasteiger partial charge on any atom is 0.237 e. The molecule has 0 radical (unpaired) electrons. The van der Waals surface area contributed by atoms with E-state index in [-0.39, 0.29) is 0 Å². The molecule has 3 N–H and O–H groups in total. The van der Waals surface area contributed by atoms with E-state index < -0.39 is 0 Å². The summed E-state index contributed by atoms with van der Waals surface area (Å²) < 4.78 is 11.2. The molecule has 46 heavy (non-hydrogen) atoms. The predicted molar refractivity (Wildman–Crippen MR) is 183 cm³/mol. The standard InChI is InChI=1S/C35H39Cl2N7O2/c1-21-13-14-23(42-21)16-39-18-31-35(46-3)44-29(20-41-31)27-12-6-10-25(33(27)37)24-9-5-11-26(32(24)36)28-19-40-30(34(43-28)45-2)17-38-15-22-7-4-8-22/h5-6,9-12,19-20,22-23,38-39,42H,1,4,7-8,13-18H2,2-3H3/t23-/m0/s1. The second-order valence-corrected chi connectivity index (χ2v) is 12.6. The summed E-state index contributed by atoms with van der Waals surface area (Å²) in [6.07, 6.45) is 9.45. The summed E-state index contributed by atoms with van der Waals surface area (Å²) in [6, 6.07) is 11.9. The molecule has 9 nitrogen and oxygen atoms in total. The third-order valence-electron chi connectivity index (χ3n) is 8.69. The number of aromatic nitrogens is 4. The Bertz CT molecular complexity index is 1710. The minimum Gasteiger partial charge on any atom is -0.480 e. The Morgan fingerprint density at radius 3 is 1.76 bits per heavy atom. The van der Waals surface area contributed by atoms with Crippen molar-refractivity contribution < 1.29 is 9.47 Å². The smallest absolute Gasteiger partial charge is 0.237 e. The van der Waals surface area contributed by atoms with E-state index in [1.54, 1.807) is 26.6 Å². The number of hydrogen-bond donors (Lipinski definition) is 3. The van der Waals surface area contributed by atoms with Gasteiger partial charge in [0.1, 0.15) is 11.4 Å². The van der Waals surface area contributed by atoms with Gasteiger partial charge in [0.25, 0.3) is 0 Å². The molecule has 0 amide bonds. The molecule has 2 aromatic heterocycles. The molecule has 0 spiro atoms. The van der Waals surface area contributed by atoms with Crippen LogP contribution in [0.4, 0.5) is 0 Å². The predicted octanol–water partition coefficient (Wildman–Crippen LogP) is 6.84. The summed E-state index contributed by atoms with van der Waals surface area (Å²) >= 11 is 14.1. The van der Waals surface area contributed by atoms with Crippen molar-refractivity contribution in [2.24, 2.45) is 5.92 Å². The van der Waals surface area contributed by atoms with Crippen molar-refractivity contribution in [3.05, 3.63) is 82.5 Å². The fourth-order valence-electron chi connectivity index (χ4n) is 5.89. The molecular formula is C35H39Cl2N7O2. The van der Waals surface area contributed by atoms with Crippen molar-refractivity contribution in [2.45, 2.75) is 51.2 Å². The van der Waals surface area contributed by atoms with Crippen LogP contribution < -0.4 is 25.4 Å². The first-order valence-corrected chi connectivity index (χ1v) is 16.4. The zero-order valence-electron chi connectivity index (χ0n) is 26.2. The van der Waals surface area contributed by atoms with Gasteiger partial charge in [0.15, 0.2) is 0 Å². The first kappa shape index (κ1) is 32.2. The summed E-state index contributed by atoms with van der Waals surface area (Å²) in [7, 11) is 3.21. The van der Waals surface area contributed by atoms with Crippen LogP contribution in [0.3, 0.4) is 0 Å². The summed E-state index contributed by atoms with van der Waals surface area (Å²) in [5.74, 6) is 1.68. The Labute approximate surface area is 280 Å². The number of nitrogens with one attached hydrogen (secondary N) is 3. The number of hydrogen-bond acceptors (Lipinski definition) is 9. The average Bonchev–Trinajstić information content (AvgIpc) is 3.47. The maximum absolute atomic E-state index is 7.06. The molecular weight excluding hydrogens is 621 g/mol. The van der Waals surface area contributed by atoms with E-state index in [2.05, 4.69) is 32.5 Å². The highest BCUT2D eigenvalue weighted by Crippen LogP contribution is 2.42. The zero-order chi connectivity index (χ0) is 32.0. The van der Waals surface area contributed by atoms with Crippen LogP contribution in [0.25, 0.3) is 33.6 Å². The number of allylic oxidation sites excluding steroid dienone is 1. The summed E-state index contributed by atoms with van der Waals surface area (Å²) in [5.41, 5.74) is 6.79. The second-order valence-electron chi connectivity index (χ2n) is 11.8. The van der Waals surface area contributed by atoms with Gasteiger partial charge in [-0.05, 0) is 38.1 Å². The molecule has 4 aromatic rings. The van der Waals surface area contributed by atoms with Crippen LogP contribution in [-0.2, 0) is 13.1 Å². The van der Waals surface area contributed by atoms with E-state index in [4.69, 9.17) is 42.6 Å². The number of rotatable bonds is 13. The lowest BCUT2D eigenvalue weighted by Crippen LogP contribution is -2.33. The summed E-state index contributed by atoms with van der Waals surface area (Å²) in [6.45, 7) is 6.92. The number of benzene rings is 2. The van der Waals surface area contributed by atoms with Crippen LogP contribution in [0, 0.1) is 5.92 Å². The molecule has 2 aliphatic rings. The monoisotopic (exact) mass is 659 g/mol. The van der Waals surface area contributed by atoms with Gasteiger partial charge >= 0.3 is 0 Å². The lowest BCUT2D eigenvalue weighted by Gasteiger charge is -2.25. The van der Waals surface area contributed by atoms with E-state index >= 15 is 0 Å². The Morgan fingerprint density at radius 2 is 1.30 bits per heavy atom. The molecule has 0 unspecified atom stereocenters. The van der Waals surface area contributed by atoms with Crippen molar-refractivity contribution in [3.63, 3.8) is 0 Å². The summed E-state index contributed by atoms with van der Waals surface area (Å²) in [4.78, 5) is 18.9. The van der Waals surface area contributed by atoms with Gasteiger partial charge in [-0.25, -0.2) is 9.97 Å². The molecule has 11 heteroatoms. The molecule has 3 heterocycles. The van der Waals surface area contributed by atoms with Crippen LogP contribution in [0.1, 0.15) is 43.5 Å². The second kappa shape index (κ2) is 14.8. The fourth-order valence-corrected chi connectivity index (χ4v) is 6.54. The van der Waals surface area contributed by atoms with Gasteiger partial charge in [-0.1, -0.05) is 72.6 Å². The van der Waals surface area contributed by atoms with E-state index in [1.807, 2.05) is 36.4 Å². The van der Waals surface area contributed by atoms with E-state index in [1.165, 1.54) is 19.3 Å². The minimum atomic E-state index is 0.370. The van der Waals surface area contributed by atoms with Crippen molar-refractivity contribution >= 4 is 23.2 Å². The maximum atomic E-state index is 7.06. The minimum absolute atomic E-state index is 0.370. The molecule has 1 atom stereocenters. The van der Waals surface area contributed by atoms with Gasteiger partial charge in [0.05, 0.1) is 48.0 Å². The Kier molecular flexibility index (Phi) is 10.3. The number of halogens is 2. The van der Waals surface area contributed by atoms with Gasteiger partial charge in [0, 0.05) is 53.6 Å². The molecule has 1 saturated carbocycles. The molecule has 6 rings (SSSR count). The largest absolute Gasteiger partial charge is 0.480 e. The third kappa shape index (κ3) is 7.13. The number of ether oxygens (including phenoxy) is 2. The molecule has 0 bridgehead atoms. The van der Waals surface area contributed by atoms with Crippen LogP contribution in [0.5, 0.6) is 11.8 Å². The Morgan fingerprint density at radius 1 is 0.783 bits per heavy atom. The van der Waals surface area contributed by atoms with E-state index in [9.17, 15) is 0 Å². The van der Waals surface area contributed by atoms with Gasteiger partial charge in [-0.3, -0.25) is 9.97 Å². The quantitative estimate of drug-likeness (QED) is 0.142. The van der Waals surface area contributed by atoms with Gasteiger partial charge < -0.3 is 25.4 Å². The first-order valence-electron chi connectivity index (χ1n) is 15.7. The lowest BCUT2D eigenvalue weighted by molar-refractivity contribution is 0.299. The molecule has 2 aromatic carbocycles. The van der Waals surface area contributed by atoms with Crippen LogP contribution in [0.15, 0.2) is 61.1 Å². The highest BCUT2D eigenvalue weighted by Gasteiger charge is 2.21. The third-order valence-corrected chi connectivity index (χ3v) is 9.50. The highest BCUT2D eigenvalue weighted by molar-refractivity contribution is 6.39. The Balaban J connectivity index is 1.22. The number of methoxy groups -OCH3 is 2. The van der Waals surface area contributed by atoms with Gasteiger partial charge in [-0.2, -0.15) is 0 Å². The molecule has 240 valence electrons. The normalized spacial score (nSPS) is 16.3. The fraction of sp³-hybridized carbons (Fsp3) is 0.371. The lowest BCUT2D eigenvalue weighted by atomic mass is 9.85. The van der Waals surface area contributed by atoms with Gasteiger partial charge in [-0.15, -0.1) is 0 Å². The zero-order valence-corrected chi connectivity index (χ0v) is 27.7. The average molecular weight is 661 g/mol. The topological polar surface area (TPSA) is 106 Å². The van der Waals surface area contributed by atoms with Crippen LogP contribution >= 0.6 is 23.2 Å². The van der Waals surface area contributed by atoms with Crippen LogP contribution in [0.2, 0.25) is 10.0 Å². The molecule has 1 aliphatic heterocycles. The van der Waals surface area contributed by atoms with Crippen molar-refractivity contribution in [1.82, 2.24) is 35.9 Å². The molecule has 2 fully saturated rings. The summed E-state index contributed by atoms with van der Waals surface area (Å²) in [5, 5.41) is 11.4. The van der Waals surface area contributed by atoms with Crippen molar-refractivity contribution in [2.75, 3.05) is 27.3 Å². The Hall–Kier alpha value is -3.76. The number of nitrogens with zero attached hydrogens (tertiary/aromatic N) is 4. The SMILES string of the molecule is C=C1CC[C@@H](CNCc2ncc(-c3cccc(-c4cccc(-c5cnc(CNCC6CCC6)c(OC)n5)c4Cl)c3Cl)nc2OC)N1. The van der Waals surface area contributed by atoms with Gasteiger partial charge in [0.2, 0.25) is 11.8 Å². The van der Waals surface area contributed by atoms with E-state index in [0.717, 1.165) is 71.2 Å². The van der Waals surface area contributed by atoms with Crippen LogP contribution in [-0.4, -0.2) is 53.3 Å². The van der Waals surface area contributed by atoms with Crippen molar-refractivity contribution in [3.8, 4) is 45.4 Å². The highest BCUT2D eigenvalue weighted by atomic mass is 35.5. The molecule has 1 aliphatic carbocycles.